The van der Waals surface area contributed by atoms with Crippen LogP contribution < -0.4 is 9.46 Å². The van der Waals surface area contributed by atoms with Crippen LogP contribution in [0.2, 0.25) is 0 Å². The van der Waals surface area contributed by atoms with Crippen LogP contribution in [0.25, 0.3) is 0 Å². The number of nitrogens with one attached hydrogen (secondary N) is 1. The molecule has 1 saturated heterocycles. The number of halogens is 1. The Balaban J connectivity index is 1.34. The zero-order valence-electron chi connectivity index (χ0n) is 23.3. The maximum absolute atomic E-state index is 14.3. The van der Waals surface area contributed by atoms with Crippen LogP contribution in [-0.2, 0) is 21.2 Å². The number of aliphatic hydroxyl groups is 2. The summed E-state index contributed by atoms with van der Waals surface area (Å²) in [7, 11) is -4.31. The molecule has 1 aliphatic carbocycles. The van der Waals surface area contributed by atoms with Crippen LogP contribution in [0.3, 0.4) is 0 Å². The van der Waals surface area contributed by atoms with Gasteiger partial charge in [-0.2, -0.15) is 0 Å². The Labute approximate surface area is 235 Å². The highest BCUT2D eigenvalue weighted by Crippen LogP contribution is 2.56. The van der Waals surface area contributed by atoms with Gasteiger partial charge in [-0.25, -0.2) is 12.8 Å². The summed E-state index contributed by atoms with van der Waals surface area (Å²) in [5, 5.41) is 20.2. The van der Waals surface area contributed by atoms with Gasteiger partial charge in [-0.15, -0.1) is 0 Å². The van der Waals surface area contributed by atoms with E-state index in [0.717, 1.165) is 56.2 Å². The lowest BCUT2D eigenvalue weighted by molar-refractivity contribution is -0.119. The summed E-state index contributed by atoms with van der Waals surface area (Å²) in [6.45, 7) is 9.90. The van der Waals surface area contributed by atoms with E-state index in [1.807, 2.05) is 6.92 Å². The van der Waals surface area contributed by atoms with E-state index < -0.39 is 22.1 Å². The first-order chi connectivity index (χ1) is 19.0. The average molecular weight is 575 g/mol. The van der Waals surface area contributed by atoms with Crippen molar-refractivity contribution in [3.05, 3.63) is 52.8 Å². The zero-order valence-corrected chi connectivity index (χ0v) is 24.1. The molecular formula is C30H39FN2O6S. The summed E-state index contributed by atoms with van der Waals surface area (Å²) in [5.74, 6) is 1.12. The standard InChI is InChI=1S/C30H39FN2O6S/c1-4-33-10-9-19(15-33)18(3)17(2)11-23(34)13-20-12-22(31)5-8-27(20)40(37,38)32-26-7-6-24-25-14-21(25)16-39-29(24)28(26)30(35)36/h5-8,12,17-19,21,25,30,32,35-36H,4,9-11,13-16H2,1-3H3. The van der Waals surface area contributed by atoms with Gasteiger partial charge in [0.1, 0.15) is 17.3 Å². The van der Waals surface area contributed by atoms with Crippen LogP contribution in [0.4, 0.5) is 10.1 Å². The predicted octanol–water partition coefficient (Wildman–Crippen LogP) is 4.22. The Morgan fingerprint density at radius 3 is 2.70 bits per heavy atom. The van der Waals surface area contributed by atoms with Crippen LogP contribution in [0.1, 0.15) is 68.9 Å². The van der Waals surface area contributed by atoms with Crippen molar-refractivity contribution in [3.63, 3.8) is 0 Å². The molecule has 5 unspecified atom stereocenters. The van der Waals surface area contributed by atoms with Crippen LogP contribution in [-0.4, -0.2) is 55.6 Å². The van der Waals surface area contributed by atoms with Crippen LogP contribution in [0.5, 0.6) is 5.75 Å². The number of aliphatic hydroxyl groups excluding tert-OH is 1. The fourth-order valence-corrected chi connectivity index (χ4v) is 7.74. The van der Waals surface area contributed by atoms with E-state index in [2.05, 4.69) is 23.5 Å². The number of fused-ring (bicyclic) bond motifs is 3. The Morgan fingerprint density at radius 1 is 1.23 bits per heavy atom. The number of benzene rings is 2. The molecule has 3 N–H and O–H groups in total. The van der Waals surface area contributed by atoms with Crippen LogP contribution in [0, 0.1) is 29.5 Å². The molecule has 0 spiro atoms. The number of ketones is 1. The molecule has 2 fully saturated rings. The average Bonchev–Trinajstić information content (AvgIpc) is 3.54. The molecule has 5 rings (SSSR count). The first kappa shape index (κ1) is 29.0. The normalized spacial score (nSPS) is 23.7. The van der Waals surface area contributed by atoms with E-state index >= 15 is 0 Å². The van der Waals surface area contributed by atoms with E-state index in [1.165, 1.54) is 6.07 Å². The summed E-state index contributed by atoms with van der Waals surface area (Å²) < 4.78 is 49.6. The number of sulfonamides is 1. The Hall–Kier alpha value is -2.53. The molecule has 1 saturated carbocycles. The minimum atomic E-state index is -4.31. The number of hydrogen-bond donors (Lipinski definition) is 3. The highest BCUT2D eigenvalue weighted by molar-refractivity contribution is 7.92. The molecular weight excluding hydrogens is 535 g/mol. The third-order valence-electron chi connectivity index (χ3n) is 9.14. The number of carbonyl (C=O) groups excluding carboxylic acids is 1. The van der Waals surface area contributed by atoms with Crippen molar-refractivity contribution >= 4 is 21.5 Å². The van der Waals surface area contributed by atoms with E-state index in [0.29, 0.717) is 24.4 Å². The topological polar surface area (TPSA) is 116 Å². The number of likely N-dealkylation sites (tertiary alicyclic amines) is 1. The number of nitrogens with zero attached hydrogens (tertiary/aromatic N) is 1. The van der Waals surface area contributed by atoms with E-state index in [4.69, 9.17) is 4.74 Å². The van der Waals surface area contributed by atoms with Gasteiger partial charge in [0.2, 0.25) is 0 Å². The SMILES string of the molecule is CCN1CCC(C(C)C(C)CC(=O)Cc2cc(F)ccc2S(=O)(=O)Nc2ccc3c(c2C(O)O)OCC2CC32)C1. The lowest BCUT2D eigenvalue weighted by atomic mass is 9.80. The minimum Gasteiger partial charge on any atom is -0.492 e. The van der Waals surface area contributed by atoms with Crippen molar-refractivity contribution in [1.29, 1.82) is 0 Å². The lowest BCUT2D eigenvalue weighted by Gasteiger charge is -2.26. The quantitative estimate of drug-likeness (QED) is 0.344. The lowest BCUT2D eigenvalue weighted by Crippen LogP contribution is -2.26. The van der Waals surface area contributed by atoms with Gasteiger partial charge in [-0.1, -0.05) is 26.8 Å². The van der Waals surface area contributed by atoms with Crippen molar-refractivity contribution < 1.29 is 32.6 Å². The monoisotopic (exact) mass is 574 g/mol. The molecule has 8 nitrogen and oxygen atoms in total. The number of hydrogen-bond acceptors (Lipinski definition) is 7. The van der Waals surface area contributed by atoms with Crippen molar-refractivity contribution in [2.45, 2.75) is 63.6 Å². The summed E-state index contributed by atoms with van der Waals surface area (Å²) in [6, 6.07) is 6.50. The van der Waals surface area contributed by atoms with Gasteiger partial charge in [0.15, 0.2) is 6.29 Å². The molecule has 2 heterocycles. The van der Waals surface area contributed by atoms with Crippen molar-refractivity contribution in [3.8, 4) is 5.75 Å². The first-order valence-electron chi connectivity index (χ1n) is 14.2. The zero-order chi connectivity index (χ0) is 28.8. The van der Waals surface area contributed by atoms with Gasteiger partial charge in [0, 0.05) is 25.3 Å². The number of ether oxygens (including phenoxy) is 1. The minimum absolute atomic E-state index is 0.0328. The van der Waals surface area contributed by atoms with Crippen LogP contribution in [0.15, 0.2) is 35.2 Å². The molecule has 40 heavy (non-hydrogen) atoms. The second kappa shape index (κ2) is 11.4. The Bertz CT molecular complexity index is 1380. The third kappa shape index (κ3) is 5.91. The van der Waals surface area contributed by atoms with Gasteiger partial charge in [-0.3, -0.25) is 9.52 Å². The molecule has 0 amide bonds. The molecule has 0 radical (unpaired) electrons. The van der Waals surface area contributed by atoms with Crippen molar-refractivity contribution in [2.24, 2.45) is 23.7 Å². The van der Waals surface area contributed by atoms with Gasteiger partial charge in [0.05, 0.1) is 22.8 Å². The Morgan fingerprint density at radius 2 is 2.00 bits per heavy atom. The summed E-state index contributed by atoms with van der Waals surface area (Å²) >= 11 is 0. The van der Waals surface area contributed by atoms with Gasteiger partial charge >= 0.3 is 0 Å². The van der Waals surface area contributed by atoms with Gasteiger partial charge in [-0.05, 0) is 85.0 Å². The first-order valence-corrected chi connectivity index (χ1v) is 15.7. The second-order valence-electron chi connectivity index (χ2n) is 11.8. The maximum atomic E-state index is 14.3. The van der Waals surface area contributed by atoms with E-state index in [1.54, 1.807) is 6.07 Å². The van der Waals surface area contributed by atoms with E-state index in [9.17, 15) is 27.8 Å². The van der Waals surface area contributed by atoms with Gasteiger partial charge in [0.25, 0.3) is 10.0 Å². The molecule has 0 aromatic heterocycles. The molecule has 2 aromatic rings. The summed E-state index contributed by atoms with van der Waals surface area (Å²) in [4.78, 5) is 15.3. The largest absolute Gasteiger partial charge is 0.492 e. The molecule has 5 atom stereocenters. The molecule has 3 aliphatic rings. The predicted molar refractivity (Wildman–Crippen MR) is 149 cm³/mol. The highest BCUT2D eigenvalue weighted by Gasteiger charge is 2.45. The summed E-state index contributed by atoms with van der Waals surface area (Å²) in [6.07, 6.45) is 0.137. The number of carbonyl (C=O) groups is 1. The fraction of sp³-hybridized carbons (Fsp3) is 0.567. The number of anilines is 1. The molecule has 0 bridgehead atoms. The van der Waals surface area contributed by atoms with Crippen molar-refractivity contribution in [2.75, 3.05) is 31.0 Å². The summed E-state index contributed by atoms with van der Waals surface area (Å²) in [5.41, 5.74) is 0.812. The molecule has 218 valence electrons. The fourth-order valence-electron chi connectivity index (χ4n) is 6.44. The van der Waals surface area contributed by atoms with Gasteiger partial charge < -0.3 is 19.8 Å². The molecule has 10 heteroatoms. The number of rotatable bonds is 11. The second-order valence-corrected chi connectivity index (χ2v) is 13.4. The maximum Gasteiger partial charge on any atom is 0.262 e. The molecule has 2 aliphatic heterocycles. The van der Waals surface area contributed by atoms with E-state index in [-0.39, 0.29) is 57.9 Å². The number of Topliss-reactive ketones (excluding diaryl/α,β-unsaturated/α-hetero) is 1. The molecule has 2 aromatic carbocycles. The van der Waals surface area contributed by atoms with Crippen LogP contribution >= 0.6 is 0 Å². The highest BCUT2D eigenvalue weighted by atomic mass is 32.2. The third-order valence-corrected chi connectivity index (χ3v) is 10.6. The smallest absolute Gasteiger partial charge is 0.262 e. The Kier molecular flexibility index (Phi) is 8.25. The van der Waals surface area contributed by atoms with Crippen molar-refractivity contribution in [1.82, 2.24) is 4.90 Å².